The van der Waals surface area contributed by atoms with Gasteiger partial charge in [-0.25, -0.2) is 0 Å². The molecule has 0 fully saturated rings. The summed E-state index contributed by atoms with van der Waals surface area (Å²) in [5.74, 6) is 0.712. The molecule has 0 heterocycles. The van der Waals surface area contributed by atoms with Gasteiger partial charge in [-0.05, 0) is 45.7 Å². The predicted molar refractivity (Wildman–Crippen MR) is 96.6 cm³/mol. The first-order valence-corrected chi connectivity index (χ1v) is 8.14. The Hall–Kier alpha value is -2.04. The topological polar surface area (TPSA) is 65.5 Å². The molecule has 5 nitrogen and oxygen atoms in total. The van der Waals surface area contributed by atoms with E-state index >= 15 is 0 Å². The van der Waals surface area contributed by atoms with Crippen LogP contribution in [0.5, 0.6) is 0 Å². The second-order valence-electron chi connectivity index (χ2n) is 6.38. The number of aryl methyl sites for hydroxylation is 1. The van der Waals surface area contributed by atoms with Gasteiger partial charge in [-0.1, -0.05) is 24.3 Å². The molecule has 0 bridgehead atoms. The number of hydrogen-bond donors (Lipinski definition) is 3. The van der Waals surface area contributed by atoms with E-state index in [-0.39, 0.29) is 11.9 Å². The van der Waals surface area contributed by atoms with Crippen molar-refractivity contribution in [3.05, 3.63) is 35.4 Å². The van der Waals surface area contributed by atoms with E-state index in [2.05, 4.69) is 46.9 Å². The number of nitrogens with zero attached hydrogens (tertiary/aromatic N) is 1. The third-order valence-corrected chi connectivity index (χ3v) is 3.83. The highest BCUT2D eigenvalue weighted by atomic mass is 16.2. The molecule has 1 atom stereocenters. The van der Waals surface area contributed by atoms with E-state index < -0.39 is 5.41 Å². The van der Waals surface area contributed by atoms with Crippen molar-refractivity contribution in [1.82, 2.24) is 16.0 Å². The van der Waals surface area contributed by atoms with Gasteiger partial charge in [-0.15, -0.1) is 0 Å². The van der Waals surface area contributed by atoms with Crippen molar-refractivity contribution in [3.63, 3.8) is 0 Å². The van der Waals surface area contributed by atoms with Crippen LogP contribution < -0.4 is 16.0 Å². The van der Waals surface area contributed by atoms with Crippen molar-refractivity contribution in [3.8, 4) is 0 Å². The summed E-state index contributed by atoms with van der Waals surface area (Å²) < 4.78 is 0. The number of aliphatic imine (C=N–C) groups is 1. The highest BCUT2D eigenvalue weighted by Crippen LogP contribution is 2.17. The minimum Gasteiger partial charge on any atom is -0.359 e. The van der Waals surface area contributed by atoms with Gasteiger partial charge in [0.25, 0.3) is 0 Å². The van der Waals surface area contributed by atoms with E-state index in [1.807, 2.05) is 32.9 Å². The highest BCUT2D eigenvalue weighted by molar-refractivity contribution is 5.83. The minimum absolute atomic E-state index is 0.0101. The van der Waals surface area contributed by atoms with Gasteiger partial charge < -0.3 is 16.0 Å². The van der Waals surface area contributed by atoms with Gasteiger partial charge in [-0.3, -0.25) is 9.79 Å². The quantitative estimate of drug-likeness (QED) is 0.557. The Morgan fingerprint density at radius 1 is 1.30 bits per heavy atom. The molecule has 1 aromatic rings. The van der Waals surface area contributed by atoms with E-state index in [1.165, 1.54) is 11.1 Å². The van der Waals surface area contributed by atoms with Crippen molar-refractivity contribution in [2.24, 2.45) is 10.4 Å². The smallest absolute Gasteiger partial charge is 0.227 e. The first-order chi connectivity index (χ1) is 10.8. The molecule has 1 amide bonds. The minimum atomic E-state index is -0.539. The Balaban J connectivity index is 2.84. The van der Waals surface area contributed by atoms with E-state index in [0.29, 0.717) is 6.54 Å². The third-order valence-electron chi connectivity index (χ3n) is 3.83. The molecule has 1 rings (SSSR count). The largest absolute Gasteiger partial charge is 0.359 e. The molecule has 128 valence electrons. The van der Waals surface area contributed by atoms with Gasteiger partial charge >= 0.3 is 0 Å². The van der Waals surface area contributed by atoms with Crippen molar-refractivity contribution < 1.29 is 4.79 Å². The number of rotatable bonds is 6. The first kappa shape index (κ1) is 19.0. The van der Waals surface area contributed by atoms with Crippen LogP contribution in [0.1, 0.15) is 44.9 Å². The summed E-state index contributed by atoms with van der Waals surface area (Å²) in [7, 11) is 1.65. The van der Waals surface area contributed by atoms with Gasteiger partial charge in [0.05, 0.1) is 18.0 Å². The fourth-order valence-electron chi connectivity index (χ4n) is 2.36. The van der Waals surface area contributed by atoms with Gasteiger partial charge in [0.1, 0.15) is 0 Å². The Morgan fingerprint density at radius 3 is 2.52 bits per heavy atom. The lowest BCUT2D eigenvalue weighted by Crippen LogP contribution is -2.41. The number of guanidine groups is 1. The molecule has 1 aromatic carbocycles. The van der Waals surface area contributed by atoms with Gasteiger partial charge in [0.2, 0.25) is 5.91 Å². The van der Waals surface area contributed by atoms with Crippen LogP contribution in [0.2, 0.25) is 0 Å². The van der Waals surface area contributed by atoms with Crippen molar-refractivity contribution >= 4 is 11.9 Å². The van der Waals surface area contributed by atoms with Crippen LogP contribution in [0.4, 0.5) is 0 Å². The highest BCUT2D eigenvalue weighted by Gasteiger charge is 2.26. The maximum Gasteiger partial charge on any atom is 0.227 e. The maximum atomic E-state index is 11.9. The summed E-state index contributed by atoms with van der Waals surface area (Å²) >= 11 is 0. The average molecular weight is 318 g/mol. The number of hydrogen-bond acceptors (Lipinski definition) is 2. The van der Waals surface area contributed by atoms with E-state index in [1.54, 1.807) is 7.05 Å². The molecule has 3 N–H and O–H groups in total. The molecule has 0 saturated carbocycles. The zero-order valence-corrected chi connectivity index (χ0v) is 15.2. The third kappa shape index (κ3) is 5.58. The first-order valence-electron chi connectivity index (χ1n) is 8.14. The molecule has 23 heavy (non-hydrogen) atoms. The standard InChI is InChI=1S/C18H30N4O/c1-7-20-17(21-12-18(4,5)16(23)19-6)22-14(3)15-11-9-8-10-13(15)2/h8-11,14H,7,12H2,1-6H3,(H,19,23)(H2,20,21,22). The Morgan fingerprint density at radius 2 is 1.96 bits per heavy atom. The molecule has 0 spiro atoms. The Bertz CT molecular complexity index is 552. The maximum absolute atomic E-state index is 11.9. The summed E-state index contributed by atoms with van der Waals surface area (Å²) in [6, 6.07) is 8.44. The van der Waals surface area contributed by atoms with Crippen LogP contribution in [0.15, 0.2) is 29.3 Å². The average Bonchev–Trinajstić information content (AvgIpc) is 2.52. The van der Waals surface area contributed by atoms with Crippen molar-refractivity contribution in [1.29, 1.82) is 0 Å². The number of benzene rings is 1. The molecule has 0 aliphatic carbocycles. The lowest BCUT2D eigenvalue weighted by Gasteiger charge is -2.23. The second-order valence-corrected chi connectivity index (χ2v) is 6.38. The van der Waals surface area contributed by atoms with E-state index in [0.717, 1.165) is 12.5 Å². The number of carbonyl (C=O) groups is 1. The molecule has 5 heteroatoms. The fourth-order valence-corrected chi connectivity index (χ4v) is 2.36. The Kier molecular flexibility index (Phi) is 7.07. The van der Waals surface area contributed by atoms with Crippen molar-refractivity contribution in [2.45, 2.75) is 40.7 Å². The fraction of sp³-hybridized carbons (Fsp3) is 0.556. The summed E-state index contributed by atoms with van der Waals surface area (Å²) in [6.45, 7) is 11.2. The molecule has 1 unspecified atom stereocenters. The summed E-state index contributed by atoms with van der Waals surface area (Å²) in [5.41, 5.74) is 1.95. The van der Waals surface area contributed by atoms with Gasteiger partial charge in [0.15, 0.2) is 5.96 Å². The lowest BCUT2D eigenvalue weighted by atomic mass is 9.93. The van der Waals surface area contributed by atoms with E-state index in [9.17, 15) is 4.79 Å². The number of nitrogens with one attached hydrogen (secondary N) is 3. The van der Waals surface area contributed by atoms with Crippen molar-refractivity contribution in [2.75, 3.05) is 20.1 Å². The number of carbonyl (C=O) groups excluding carboxylic acids is 1. The molecular weight excluding hydrogens is 288 g/mol. The molecule has 0 aliphatic heterocycles. The monoisotopic (exact) mass is 318 g/mol. The SMILES string of the molecule is CCNC(=NCC(C)(C)C(=O)NC)NC(C)c1ccccc1C. The van der Waals surface area contributed by atoms with Crippen LogP contribution in [0, 0.1) is 12.3 Å². The van der Waals surface area contributed by atoms with Crippen LogP contribution in [-0.4, -0.2) is 32.0 Å². The molecule has 0 aromatic heterocycles. The van der Waals surface area contributed by atoms with E-state index in [4.69, 9.17) is 0 Å². The zero-order chi connectivity index (χ0) is 17.5. The van der Waals surface area contributed by atoms with Crippen LogP contribution >= 0.6 is 0 Å². The molecular formula is C18H30N4O. The lowest BCUT2D eigenvalue weighted by molar-refractivity contribution is -0.128. The summed E-state index contributed by atoms with van der Waals surface area (Å²) in [4.78, 5) is 16.5. The summed E-state index contributed by atoms with van der Waals surface area (Å²) in [5, 5.41) is 9.34. The molecule has 0 aliphatic rings. The van der Waals surface area contributed by atoms with Gasteiger partial charge in [-0.2, -0.15) is 0 Å². The number of amides is 1. The Labute approximate surface area is 140 Å². The van der Waals surface area contributed by atoms with Crippen LogP contribution in [0.25, 0.3) is 0 Å². The zero-order valence-electron chi connectivity index (χ0n) is 15.2. The molecule has 0 radical (unpaired) electrons. The van der Waals surface area contributed by atoms with Crippen LogP contribution in [-0.2, 0) is 4.79 Å². The van der Waals surface area contributed by atoms with Gasteiger partial charge in [0, 0.05) is 13.6 Å². The normalized spacial score (nSPS) is 13.4. The van der Waals surface area contributed by atoms with Crippen LogP contribution in [0.3, 0.4) is 0 Å². The second kappa shape index (κ2) is 8.56. The summed E-state index contributed by atoms with van der Waals surface area (Å²) in [6.07, 6.45) is 0. The molecule has 0 saturated heterocycles. The predicted octanol–water partition coefficient (Wildman–Crippen LogP) is 2.38.